The van der Waals surface area contributed by atoms with Crippen LogP contribution in [0, 0.1) is 12.8 Å². The van der Waals surface area contributed by atoms with Crippen LogP contribution in [0.2, 0.25) is 0 Å². The molecule has 106 valence electrons. The highest BCUT2D eigenvalue weighted by Gasteiger charge is 2.40. The van der Waals surface area contributed by atoms with Crippen LogP contribution in [0.1, 0.15) is 17.5 Å². The number of rotatable bonds is 3. The molecule has 0 N–H and O–H groups in total. The number of carbonyl (C=O) groups excluding carboxylic acids is 2. The van der Waals surface area contributed by atoms with Crippen molar-refractivity contribution in [1.82, 2.24) is 9.97 Å². The molecule has 1 atom stereocenters. The Morgan fingerprint density at radius 2 is 1.95 bits per heavy atom. The third kappa shape index (κ3) is 2.67. The van der Waals surface area contributed by atoms with Crippen molar-refractivity contribution in [1.29, 1.82) is 0 Å². The third-order valence-corrected chi connectivity index (χ3v) is 3.56. The lowest BCUT2D eigenvalue weighted by Crippen LogP contribution is -2.32. The number of carbonyl (C=O) groups is 2. The van der Waals surface area contributed by atoms with Gasteiger partial charge in [0.1, 0.15) is 0 Å². The monoisotopic (exact) mass is 281 g/mol. The SMILES string of the molecule is Cc1cccc(C[C@@H]2CC(=O)N(c3ncccn3)C2=O)c1. The quantitative estimate of drug-likeness (QED) is 0.806. The summed E-state index contributed by atoms with van der Waals surface area (Å²) in [5, 5.41) is 0. The van der Waals surface area contributed by atoms with Crippen LogP contribution in [-0.2, 0) is 16.0 Å². The molecular weight excluding hydrogens is 266 g/mol. The molecule has 5 heteroatoms. The van der Waals surface area contributed by atoms with Gasteiger partial charge in [0.15, 0.2) is 0 Å². The van der Waals surface area contributed by atoms with Crippen LogP contribution >= 0.6 is 0 Å². The Bertz CT molecular complexity index is 685. The molecule has 1 saturated heterocycles. The molecule has 0 spiro atoms. The van der Waals surface area contributed by atoms with Crippen LogP contribution in [0.15, 0.2) is 42.7 Å². The topological polar surface area (TPSA) is 63.2 Å². The summed E-state index contributed by atoms with van der Waals surface area (Å²) in [5.41, 5.74) is 2.21. The van der Waals surface area contributed by atoms with E-state index in [1.54, 1.807) is 6.07 Å². The van der Waals surface area contributed by atoms with Gasteiger partial charge in [-0.1, -0.05) is 29.8 Å². The highest BCUT2D eigenvalue weighted by Crippen LogP contribution is 2.26. The molecule has 2 heterocycles. The summed E-state index contributed by atoms with van der Waals surface area (Å²) in [6, 6.07) is 9.64. The summed E-state index contributed by atoms with van der Waals surface area (Å²) in [5.74, 6) is -0.612. The van der Waals surface area contributed by atoms with Crippen LogP contribution in [0.4, 0.5) is 5.95 Å². The number of anilines is 1. The van der Waals surface area contributed by atoms with E-state index in [2.05, 4.69) is 9.97 Å². The number of amides is 2. The molecule has 2 aromatic rings. The fourth-order valence-corrected chi connectivity index (χ4v) is 2.59. The molecule has 2 amide bonds. The van der Waals surface area contributed by atoms with Gasteiger partial charge in [-0.05, 0) is 25.0 Å². The van der Waals surface area contributed by atoms with Gasteiger partial charge in [-0.25, -0.2) is 14.9 Å². The number of hydrogen-bond donors (Lipinski definition) is 0. The van der Waals surface area contributed by atoms with Gasteiger partial charge in [0.25, 0.3) is 0 Å². The van der Waals surface area contributed by atoms with Crippen LogP contribution in [-0.4, -0.2) is 21.8 Å². The van der Waals surface area contributed by atoms with Gasteiger partial charge in [0.05, 0.1) is 5.92 Å². The minimum absolute atomic E-state index is 0.166. The highest BCUT2D eigenvalue weighted by molar-refractivity contribution is 6.19. The van der Waals surface area contributed by atoms with Gasteiger partial charge in [-0.15, -0.1) is 0 Å². The summed E-state index contributed by atoms with van der Waals surface area (Å²) in [6.07, 6.45) is 3.83. The average Bonchev–Trinajstić information content (AvgIpc) is 2.74. The number of aromatic nitrogens is 2. The Hall–Kier alpha value is -2.56. The first-order valence-corrected chi connectivity index (χ1v) is 6.84. The van der Waals surface area contributed by atoms with Gasteiger partial charge in [0.2, 0.25) is 17.8 Å². The van der Waals surface area contributed by atoms with Crippen LogP contribution in [0.5, 0.6) is 0 Å². The highest BCUT2D eigenvalue weighted by atomic mass is 16.2. The number of imide groups is 1. The molecule has 0 aliphatic carbocycles. The number of aryl methyl sites for hydroxylation is 1. The van der Waals surface area contributed by atoms with Crippen molar-refractivity contribution >= 4 is 17.8 Å². The predicted molar refractivity (Wildman–Crippen MR) is 77.5 cm³/mol. The second kappa shape index (κ2) is 5.44. The van der Waals surface area contributed by atoms with E-state index in [-0.39, 0.29) is 30.1 Å². The van der Waals surface area contributed by atoms with Crippen molar-refractivity contribution < 1.29 is 9.59 Å². The van der Waals surface area contributed by atoms with Gasteiger partial charge in [0, 0.05) is 18.8 Å². The molecule has 0 unspecified atom stereocenters. The minimum Gasteiger partial charge on any atom is -0.274 e. The molecule has 0 radical (unpaired) electrons. The molecule has 5 nitrogen and oxygen atoms in total. The second-order valence-electron chi connectivity index (χ2n) is 5.21. The molecule has 1 aliphatic heterocycles. The molecule has 0 bridgehead atoms. The van der Waals surface area contributed by atoms with Crippen molar-refractivity contribution in [2.45, 2.75) is 19.8 Å². The van der Waals surface area contributed by atoms with Crippen molar-refractivity contribution in [3.8, 4) is 0 Å². The maximum atomic E-state index is 12.4. The van der Waals surface area contributed by atoms with E-state index in [0.29, 0.717) is 6.42 Å². The van der Waals surface area contributed by atoms with Crippen molar-refractivity contribution in [2.75, 3.05) is 4.90 Å². The molecular formula is C16H15N3O2. The first kappa shape index (κ1) is 13.4. The van der Waals surface area contributed by atoms with Crippen molar-refractivity contribution in [3.05, 3.63) is 53.9 Å². The zero-order valence-corrected chi connectivity index (χ0v) is 11.7. The molecule has 1 fully saturated rings. The molecule has 1 aliphatic rings. The second-order valence-corrected chi connectivity index (χ2v) is 5.21. The normalized spacial score (nSPS) is 18.3. The largest absolute Gasteiger partial charge is 0.274 e. The predicted octanol–water partition coefficient (Wildman–Crippen LogP) is 1.91. The zero-order valence-electron chi connectivity index (χ0n) is 11.7. The van der Waals surface area contributed by atoms with Crippen molar-refractivity contribution in [3.63, 3.8) is 0 Å². The Morgan fingerprint density at radius 3 is 2.67 bits per heavy atom. The van der Waals surface area contributed by atoms with Crippen LogP contribution < -0.4 is 4.90 Å². The Balaban J connectivity index is 1.81. The van der Waals surface area contributed by atoms with E-state index in [1.165, 1.54) is 12.4 Å². The van der Waals surface area contributed by atoms with E-state index in [0.717, 1.165) is 16.0 Å². The van der Waals surface area contributed by atoms with E-state index in [4.69, 9.17) is 0 Å². The molecule has 1 aromatic carbocycles. The summed E-state index contributed by atoms with van der Waals surface area (Å²) >= 11 is 0. The summed E-state index contributed by atoms with van der Waals surface area (Å²) < 4.78 is 0. The standard InChI is InChI=1S/C16H15N3O2/c1-11-4-2-5-12(8-11)9-13-10-14(20)19(15(13)21)16-17-6-3-7-18-16/h2-8,13H,9-10H2,1H3/t13-/m1/s1. The number of benzene rings is 1. The smallest absolute Gasteiger partial charge is 0.240 e. The Morgan fingerprint density at radius 1 is 1.19 bits per heavy atom. The van der Waals surface area contributed by atoms with Crippen LogP contribution in [0.25, 0.3) is 0 Å². The van der Waals surface area contributed by atoms with E-state index >= 15 is 0 Å². The summed E-state index contributed by atoms with van der Waals surface area (Å²) in [4.78, 5) is 33.6. The zero-order chi connectivity index (χ0) is 14.8. The maximum absolute atomic E-state index is 12.4. The van der Waals surface area contributed by atoms with E-state index in [9.17, 15) is 9.59 Å². The fraction of sp³-hybridized carbons (Fsp3) is 0.250. The van der Waals surface area contributed by atoms with Gasteiger partial charge >= 0.3 is 0 Å². The molecule has 3 rings (SSSR count). The molecule has 21 heavy (non-hydrogen) atoms. The molecule has 0 saturated carbocycles. The van der Waals surface area contributed by atoms with E-state index in [1.807, 2.05) is 31.2 Å². The van der Waals surface area contributed by atoms with Gasteiger partial charge in [-0.2, -0.15) is 0 Å². The minimum atomic E-state index is -0.330. The van der Waals surface area contributed by atoms with Gasteiger partial charge in [-0.3, -0.25) is 9.59 Å². The molecule has 1 aromatic heterocycles. The average molecular weight is 281 g/mol. The Kier molecular flexibility index (Phi) is 3.48. The fourth-order valence-electron chi connectivity index (χ4n) is 2.59. The third-order valence-electron chi connectivity index (χ3n) is 3.56. The number of nitrogens with zero attached hydrogens (tertiary/aromatic N) is 3. The van der Waals surface area contributed by atoms with E-state index < -0.39 is 0 Å². The Labute approximate surface area is 122 Å². The lowest BCUT2D eigenvalue weighted by atomic mass is 9.97. The van der Waals surface area contributed by atoms with Gasteiger partial charge < -0.3 is 0 Å². The first-order valence-electron chi connectivity index (χ1n) is 6.84. The lowest BCUT2D eigenvalue weighted by Gasteiger charge is -2.12. The van der Waals surface area contributed by atoms with Crippen LogP contribution in [0.3, 0.4) is 0 Å². The lowest BCUT2D eigenvalue weighted by molar-refractivity contribution is -0.122. The number of hydrogen-bond acceptors (Lipinski definition) is 4. The maximum Gasteiger partial charge on any atom is 0.240 e. The first-order chi connectivity index (χ1) is 10.1. The summed E-state index contributed by atoms with van der Waals surface area (Å²) in [6.45, 7) is 2.01. The summed E-state index contributed by atoms with van der Waals surface area (Å²) in [7, 11) is 0. The van der Waals surface area contributed by atoms with Crippen molar-refractivity contribution in [2.24, 2.45) is 5.92 Å².